The van der Waals surface area contributed by atoms with Crippen molar-refractivity contribution in [1.29, 1.82) is 0 Å². The van der Waals surface area contributed by atoms with Gasteiger partial charge < -0.3 is 14.7 Å². The lowest BCUT2D eigenvalue weighted by atomic mass is 9.91. The number of benzene rings is 1. The van der Waals surface area contributed by atoms with Crippen molar-refractivity contribution in [1.82, 2.24) is 4.90 Å². The Labute approximate surface area is 129 Å². The van der Waals surface area contributed by atoms with Gasteiger partial charge in [0, 0.05) is 32.6 Å². The second-order valence-corrected chi connectivity index (χ2v) is 6.11. The van der Waals surface area contributed by atoms with Gasteiger partial charge >= 0.3 is 5.97 Å². The Kier molecular flexibility index (Phi) is 4.43. The molecule has 1 amide bonds. The highest BCUT2D eigenvalue weighted by Crippen LogP contribution is 2.26. The van der Waals surface area contributed by atoms with Gasteiger partial charge in [-0.3, -0.25) is 4.79 Å². The maximum absolute atomic E-state index is 12.6. The number of carboxylic acids is 1. The molecule has 0 aliphatic carbocycles. The van der Waals surface area contributed by atoms with E-state index < -0.39 is 12.0 Å². The van der Waals surface area contributed by atoms with Gasteiger partial charge in [-0.2, -0.15) is 0 Å². The van der Waals surface area contributed by atoms with E-state index >= 15 is 0 Å². The summed E-state index contributed by atoms with van der Waals surface area (Å²) < 4.78 is 5.31. The number of ether oxygens (including phenoxy) is 1. The van der Waals surface area contributed by atoms with Gasteiger partial charge in [0.2, 0.25) is 5.91 Å². The van der Waals surface area contributed by atoms with Crippen molar-refractivity contribution >= 4 is 11.9 Å². The van der Waals surface area contributed by atoms with Crippen molar-refractivity contribution in [2.24, 2.45) is 5.92 Å². The van der Waals surface area contributed by atoms with Crippen molar-refractivity contribution in [3.63, 3.8) is 0 Å². The Morgan fingerprint density at radius 2 is 1.86 bits per heavy atom. The van der Waals surface area contributed by atoms with Gasteiger partial charge in [-0.1, -0.05) is 24.3 Å². The average molecular weight is 303 g/mol. The molecule has 0 aromatic heterocycles. The van der Waals surface area contributed by atoms with Crippen LogP contribution < -0.4 is 0 Å². The third kappa shape index (κ3) is 3.14. The van der Waals surface area contributed by atoms with E-state index in [1.807, 2.05) is 24.3 Å². The normalized spacial score (nSPS) is 22.2. The molecule has 0 saturated carbocycles. The summed E-state index contributed by atoms with van der Waals surface area (Å²) in [5, 5.41) is 9.48. The average Bonchev–Trinajstić information content (AvgIpc) is 2.54. The topological polar surface area (TPSA) is 66.8 Å². The van der Waals surface area contributed by atoms with E-state index in [0.29, 0.717) is 38.5 Å². The zero-order valence-electron chi connectivity index (χ0n) is 12.5. The Bertz CT molecular complexity index is 566. The molecule has 0 bridgehead atoms. The van der Waals surface area contributed by atoms with E-state index in [1.54, 1.807) is 4.90 Å². The molecule has 22 heavy (non-hydrogen) atoms. The summed E-state index contributed by atoms with van der Waals surface area (Å²) in [6.07, 6.45) is 2.59. The largest absolute Gasteiger partial charge is 0.480 e. The van der Waals surface area contributed by atoms with Crippen LogP contribution in [0.1, 0.15) is 30.4 Å². The first-order chi connectivity index (χ1) is 10.6. The summed E-state index contributed by atoms with van der Waals surface area (Å²) >= 11 is 0. The Morgan fingerprint density at radius 3 is 2.55 bits per heavy atom. The summed E-state index contributed by atoms with van der Waals surface area (Å²) in [7, 11) is 0. The highest BCUT2D eigenvalue weighted by atomic mass is 16.5. The molecule has 2 heterocycles. The van der Waals surface area contributed by atoms with Gasteiger partial charge in [0.15, 0.2) is 0 Å². The number of carboxylic acid groups (broad SMARTS) is 1. The predicted octanol–water partition coefficient (Wildman–Crippen LogP) is 1.84. The van der Waals surface area contributed by atoms with Crippen molar-refractivity contribution in [2.45, 2.75) is 38.3 Å². The fraction of sp³-hybridized carbons (Fsp3) is 0.529. The van der Waals surface area contributed by atoms with Gasteiger partial charge in [-0.25, -0.2) is 4.79 Å². The molecular weight excluding hydrogens is 282 g/mol. The molecule has 1 N–H and O–H groups in total. The second-order valence-electron chi connectivity index (χ2n) is 6.11. The van der Waals surface area contributed by atoms with Crippen LogP contribution in [0.15, 0.2) is 24.3 Å². The molecule has 5 nitrogen and oxygen atoms in total. The Hall–Kier alpha value is -1.88. The number of carbonyl (C=O) groups is 2. The van der Waals surface area contributed by atoms with Crippen LogP contribution in [-0.2, 0) is 27.3 Å². The number of nitrogens with zero attached hydrogens (tertiary/aromatic N) is 1. The quantitative estimate of drug-likeness (QED) is 0.925. The van der Waals surface area contributed by atoms with Crippen LogP contribution in [0.2, 0.25) is 0 Å². The summed E-state index contributed by atoms with van der Waals surface area (Å²) in [4.78, 5) is 25.7. The molecule has 2 aliphatic rings. The third-order valence-corrected chi connectivity index (χ3v) is 4.66. The minimum Gasteiger partial charge on any atom is -0.480 e. The number of aliphatic carboxylic acids is 1. The number of fused-ring (bicyclic) bond motifs is 1. The summed E-state index contributed by atoms with van der Waals surface area (Å²) in [6, 6.07) is 7.02. The van der Waals surface area contributed by atoms with Crippen LogP contribution in [0.3, 0.4) is 0 Å². The zero-order valence-corrected chi connectivity index (χ0v) is 12.5. The first-order valence-corrected chi connectivity index (χ1v) is 7.82. The molecular formula is C17H21NO4. The minimum atomic E-state index is -0.921. The van der Waals surface area contributed by atoms with Crippen LogP contribution >= 0.6 is 0 Å². The smallest absolute Gasteiger partial charge is 0.326 e. The summed E-state index contributed by atoms with van der Waals surface area (Å²) in [6.45, 7) is 1.79. The monoisotopic (exact) mass is 303 g/mol. The van der Waals surface area contributed by atoms with Gasteiger partial charge in [0.25, 0.3) is 0 Å². The molecule has 2 aliphatic heterocycles. The molecule has 118 valence electrons. The zero-order chi connectivity index (χ0) is 15.5. The first-order valence-electron chi connectivity index (χ1n) is 7.82. The lowest BCUT2D eigenvalue weighted by Gasteiger charge is -2.35. The Balaban J connectivity index is 1.75. The lowest BCUT2D eigenvalue weighted by molar-refractivity contribution is -0.152. The molecule has 0 unspecified atom stereocenters. The molecule has 1 atom stereocenters. The van der Waals surface area contributed by atoms with Crippen molar-refractivity contribution < 1.29 is 19.4 Å². The SMILES string of the molecule is O=C(O)[C@@H]1Cc2ccccc2CN1C(=O)CC1CCOCC1. The predicted molar refractivity (Wildman–Crippen MR) is 80.3 cm³/mol. The first kappa shape index (κ1) is 15.0. The van der Waals surface area contributed by atoms with Crippen molar-refractivity contribution in [3.8, 4) is 0 Å². The highest BCUT2D eigenvalue weighted by molar-refractivity contribution is 5.84. The molecule has 0 radical (unpaired) electrons. The van der Waals surface area contributed by atoms with Crippen LogP contribution in [0.5, 0.6) is 0 Å². The van der Waals surface area contributed by atoms with E-state index in [-0.39, 0.29) is 5.91 Å². The standard InChI is InChI=1S/C17H21NO4/c19-16(9-12-5-7-22-8-6-12)18-11-14-4-2-1-3-13(14)10-15(18)17(20)21/h1-4,12,15H,5-11H2,(H,20,21)/t15-/m0/s1. The molecule has 5 heteroatoms. The Morgan fingerprint density at radius 1 is 1.18 bits per heavy atom. The fourth-order valence-electron chi connectivity index (χ4n) is 3.32. The molecule has 1 saturated heterocycles. The molecule has 1 fully saturated rings. The highest BCUT2D eigenvalue weighted by Gasteiger charge is 2.35. The number of hydrogen-bond donors (Lipinski definition) is 1. The maximum Gasteiger partial charge on any atom is 0.326 e. The molecule has 1 aromatic carbocycles. The van der Waals surface area contributed by atoms with Crippen molar-refractivity contribution in [3.05, 3.63) is 35.4 Å². The lowest BCUT2D eigenvalue weighted by Crippen LogP contribution is -2.49. The van der Waals surface area contributed by atoms with Crippen LogP contribution in [0.4, 0.5) is 0 Å². The maximum atomic E-state index is 12.6. The van der Waals surface area contributed by atoms with E-state index in [0.717, 1.165) is 24.0 Å². The van der Waals surface area contributed by atoms with Crippen molar-refractivity contribution in [2.75, 3.05) is 13.2 Å². The number of amides is 1. The van der Waals surface area contributed by atoms with E-state index in [4.69, 9.17) is 4.74 Å². The third-order valence-electron chi connectivity index (χ3n) is 4.66. The number of carbonyl (C=O) groups excluding carboxylic acids is 1. The number of rotatable bonds is 3. The van der Waals surface area contributed by atoms with E-state index in [1.165, 1.54) is 0 Å². The van der Waals surface area contributed by atoms with Crippen LogP contribution in [0.25, 0.3) is 0 Å². The molecule has 0 spiro atoms. The second kappa shape index (κ2) is 6.48. The van der Waals surface area contributed by atoms with Gasteiger partial charge in [-0.05, 0) is 29.9 Å². The molecule has 1 aromatic rings. The van der Waals surface area contributed by atoms with E-state index in [2.05, 4.69) is 0 Å². The molecule has 3 rings (SSSR count). The van der Waals surface area contributed by atoms with Crippen LogP contribution in [0, 0.1) is 5.92 Å². The van der Waals surface area contributed by atoms with Gasteiger partial charge in [0.05, 0.1) is 0 Å². The van der Waals surface area contributed by atoms with Gasteiger partial charge in [-0.15, -0.1) is 0 Å². The van der Waals surface area contributed by atoms with Crippen LogP contribution in [-0.4, -0.2) is 41.1 Å². The summed E-state index contributed by atoms with van der Waals surface area (Å²) in [5.41, 5.74) is 2.09. The van der Waals surface area contributed by atoms with E-state index in [9.17, 15) is 14.7 Å². The van der Waals surface area contributed by atoms with Gasteiger partial charge in [0.1, 0.15) is 6.04 Å². The number of hydrogen-bond acceptors (Lipinski definition) is 3. The fourth-order valence-corrected chi connectivity index (χ4v) is 3.32. The summed E-state index contributed by atoms with van der Waals surface area (Å²) in [5.74, 6) is -0.656. The minimum absolute atomic E-state index is 0.0474.